The van der Waals surface area contributed by atoms with Crippen LogP contribution < -0.4 is 9.47 Å². The van der Waals surface area contributed by atoms with Crippen molar-refractivity contribution in [3.05, 3.63) is 23.8 Å². The minimum absolute atomic E-state index is 0.00368. The molecule has 1 aromatic carbocycles. The van der Waals surface area contributed by atoms with E-state index < -0.39 is 0 Å². The molecule has 2 fully saturated rings. The molecule has 0 atom stereocenters. The number of benzene rings is 1. The number of nitrogens with zero attached hydrogens (tertiary/aromatic N) is 2. The molecule has 6 nitrogen and oxygen atoms in total. The van der Waals surface area contributed by atoms with Gasteiger partial charge in [-0.2, -0.15) is 0 Å². The minimum atomic E-state index is 0.00368. The lowest BCUT2D eigenvalue weighted by Crippen LogP contribution is -2.44. The molecule has 3 aliphatic rings. The van der Waals surface area contributed by atoms with E-state index >= 15 is 0 Å². The molecule has 0 radical (unpaired) electrons. The predicted octanol–water partition coefficient (Wildman–Crippen LogP) is 2.67. The Balaban J connectivity index is 1.34. The second-order valence-electron chi connectivity index (χ2n) is 7.37. The fourth-order valence-corrected chi connectivity index (χ4v) is 4.09. The zero-order chi connectivity index (χ0) is 17.9. The van der Waals surface area contributed by atoms with E-state index in [0.29, 0.717) is 36.1 Å². The van der Waals surface area contributed by atoms with E-state index in [-0.39, 0.29) is 18.6 Å². The molecular formula is C20H26N2O4. The maximum absolute atomic E-state index is 12.8. The van der Waals surface area contributed by atoms with Gasteiger partial charge in [-0.05, 0) is 43.9 Å². The van der Waals surface area contributed by atoms with Gasteiger partial charge in [-0.1, -0.05) is 12.8 Å². The molecular weight excluding hydrogens is 332 g/mol. The van der Waals surface area contributed by atoms with Crippen LogP contribution in [0.5, 0.6) is 11.5 Å². The van der Waals surface area contributed by atoms with Crippen LogP contribution >= 0.6 is 0 Å². The predicted molar refractivity (Wildman–Crippen MR) is 96.2 cm³/mol. The topological polar surface area (TPSA) is 59.1 Å². The van der Waals surface area contributed by atoms with Gasteiger partial charge in [0.25, 0.3) is 5.91 Å². The Kier molecular flexibility index (Phi) is 5.00. The van der Waals surface area contributed by atoms with Crippen molar-refractivity contribution in [2.75, 3.05) is 33.0 Å². The molecule has 4 rings (SSSR count). The van der Waals surface area contributed by atoms with Crippen molar-refractivity contribution >= 4 is 11.8 Å². The number of likely N-dealkylation sites (tertiary alicyclic amines) is 2. The van der Waals surface area contributed by atoms with Gasteiger partial charge in [-0.25, -0.2) is 0 Å². The summed E-state index contributed by atoms with van der Waals surface area (Å²) < 4.78 is 10.7. The minimum Gasteiger partial charge on any atom is -0.454 e. The summed E-state index contributed by atoms with van der Waals surface area (Å²) in [7, 11) is 0. The Morgan fingerprint density at radius 2 is 1.54 bits per heavy atom. The lowest BCUT2D eigenvalue weighted by Gasteiger charge is -2.34. The van der Waals surface area contributed by atoms with E-state index in [1.807, 2.05) is 9.80 Å². The smallest absolute Gasteiger partial charge is 0.253 e. The third-order valence-electron chi connectivity index (χ3n) is 5.67. The van der Waals surface area contributed by atoms with Crippen LogP contribution in [0, 0.1) is 5.92 Å². The normalized spacial score (nSPS) is 20.8. The number of ether oxygens (including phenoxy) is 2. The fourth-order valence-electron chi connectivity index (χ4n) is 4.09. The van der Waals surface area contributed by atoms with Crippen molar-refractivity contribution in [3.8, 4) is 11.5 Å². The molecule has 0 saturated carbocycles. The average molecular weight is 358 g/mol. The number of amides is 2. The van der Waals surface area contributed by atoms with E-state index in [0.717, 1.165) is 38.8 Å². The SMILES string of the molecule is O=C(c1ccc2c(c1)OCO2)N1CCC(C(=O)N2CCCCCC2)CC1. The van der Waals surface area contributed by atoms with Crippen LogP contribution in [-0.4, -0.2) is 54.6 Å². The number of hydrogen-bond acceptors (Lipinski definition) is 4. The number of hydrogen-bond donors (Lipinski definition) is 0. The van der Waals surface area contributed by atoms with Crippen LogP contribution in [0.4, 0.5) is 0 Å². The van der Waals surface area contributed by atoms with E-state index in [1.165, 1.54) is 12.8 Å². The van der Waals surface area contributed by atoms with E-state index in [1.54, 1.807) is 18.2 Å². The zero-order valence-electron chi connectivity index (χ0n) is 15.1. The highest BCUT2D eigenvalue weighted by atomic mass is 16.7. The first-order chi connectivity index (χ1) is 12.7. The molecule has 0 spiro atoms. The van der Waals surface area contributed by atoms with Gasteiger partial charge in [-0.15, -0.1) is 0 Å². The van der Waals surface area contributed by atoms with Crippen LogP contribution in [0.1, 0.15) is 48.9 Å². The first-order valence-corrected chi connectivity index (χ1v) is 9.70. The summed E-state index contributed by atoms with van der Waals surface area (Å²) in [6, 6.07) is 5.31. The molecule has 2 amide bonds. The Hall–Kier alpha value is -2.24. The number of rotatable bonds is 2. The average Bonchev–Trinajstić information content (AvgIpc) is 2.99. The molecule has 2 saturated heterocycles. The van der Waals surface area contributed by atoms with Gasteiger partial charge in [0.05, 0.1) is 0 Å². The summed E-state index contributed by atoms with van der Waals surface area (Å²) in [6.07, 6.45) is 6.20. The van der Waals surface area contributed by atoms with Crippen molar-refractivity contribution < 1.29 is 19.1 Å². The van der Waals surface area contributed by atoms with Crippen molar-refractivity contribution in [3.63, 3.8) is 0 Å². The lowest BCUT2D eigenvalue weighted by atomic mass is 9.94. The number of piperidine rings is 1. The molecule has 140 valence electrons. The lowest BCUT2D eigenvalue weighted by molar-refractivity contribution is -0.136. The van der Waals surface area contributed by atoms with Gasteiger partial charge in [0.2, 0.25) is 12.7 Å². The molecule has 3 aliphatic heterocycles. The fraction of sp³-hybridized carbons (Fsp3) is 0.600. The summed E-state index contributed by atoms with van der Waals surface area (Å²) in [5.74, 6) is 1.67. The van der Waals surface area contributed by atoms with Crippen molar-refractivity contribution in [1.82, 2.24) is 9.80 Å². The van der Waals surface area contributed by atoms with Gasteiger partial charge < -0.3 is 19.3 Å². The van der Waals surface area contributed by atoms with Crippen molar-refractivity contribution in [2.45, 2.75) is 38.5 Å². The molecule has 0 bridgehead atoms. The monoisotopic (exact) mass is 358 g/mol. The Labute approximate surface area is 154 Å². The molecule has 0 aromatic heterocycles. The Morgan fingerprint density at radius 3 is 2.27 bits per heavy atom. The standard InChI is InChI=1S/C20H26N2O4/c23-19(21-9-3-1-2-4-10-21)15-7-11-22(12-8-15)20(24)16-5-6-17-18(13-16)26-14-25-17/h5-6,13,15H,1-4,7-12,14H2. The van der Waals surface area contributed by atoms with E-state index in [9.17, 15) is 9.59 Å². The van der Waals surface area contributed by atoms with E-state index in [4.69, 9.17) is 9.47 Å². The van der Waals surface area contributed by atoms with Gasteiger partial charge in [-0.3, -0.25) is 9.59 Å². The third kappa shape index (κ3) is 3.50. The largest absolute Gasteiger partial charge is 0.454 e. The van der Waals surface area contributed by atoms with Crippen LogP contribution in [0.2, 0.25) is 0 Å². The second kappa shape index (κ2) is 7.56. The van der Waals surface area contributed by atoms with Crippen molar-refractivity contribution in [1.29, 1.82) is 0 Å². The number of carbonyl (C=O) groups is 2. The highest BCUT2D eigenvalue weighted by molar-refractivity contribution is 5.95. The molecule has 0 aliphatic carbocycles. The quantitative estimate of drug-likeness (QED) is 0.816. The van der Waals surface area contributed by atoms with Crippen LogP contribution in [0.15, 0.2) is 18.2 Å². The van der Waals surface area contributed by atoms with Gasteiger partial charge in [0, 0.05) is 37.7 Å². The summed E-state index contributed by atoms with van der Waals surface area (Å²) >= 11 is 0. The Bertz CT molecular complexity index is 674. The van der Waals surface area contributed by atoms with Gasteiger partial charge in [0.1, 0.15) is 0 Å². The van der Waals surface area contributed by atoms with Crippen molar-refractivity contribution in [2.24, 2.45) is 5.92 Å². The molecule has 3 heterocycles. The summed E-state index contributed by atoms with van der Waals surface area (Å²) in [5.41, 5.74) is 0.617. The van der Waals surface area contributed by atoms with Crippen LogP contribution in [0.25, 0.3) is 0 Å². The van der Waals surface area contributed by atoms with Crippen LogP contribution in [0.3, 0.4) is 0 Å². The van der Waals surface area contributed by atoms with Crippen LogP contribution in [-0.2, 0) is 4.79 Å². The Morgan fingerprint density at radius 1 is 0.846 bits per heavy atom. The first-order valence-electron chi connectivity index (χ1n) is 9.70. The molecule has 6 heteroatoms. The second-order valence-corrected chi connectivity index (χ2v) is 7.37. The third-order valence-corrected chi connectivity index (χ3v) is 5.67. The van der Waals surface area contributed by atoms with Gasteiger partial charge >= 0.3 is 0 Å². The summed E-state index contributed by atoms with van der Waals surface area (Å²) in [5, 5.41) is 0. The highest BCUT2D eigenvalue weighted by Gasteiger charge is 2.31. The molecule has 26 heavy (non-hydrogen) atoms. The maximum Gasteiger partial charge on any atom is 0.253 e. The first kappa shape index (κ1) is 17.2. The number of fused-ring (bicyclic) bond motifs is 1. The molecule has 1 aromatic rings. The van der Waals surface area contributed by atoms with E-state index in [2.05, 4.69) is 0 Å². The maximum atomic E-state index is 12.8. The zero-order valence-corrected chi connectivity index (χ0v) is 15.1. The summed E-state index contributed by atoms with van der Waals surface area (Å²) in [6.45, 7) is 3.27. The molecule has 0 unspecified atom stereocenters. The van der Waals surface area contributed by atoms with Gasteiger partial charge in [0.15, 0.2) is 11.5 Å². The molecule has 0 N–H and O–H groups in total. The highest BCUT2D eigenvalue weighted by Crippen LogP contribution is 2.33. The summed E-state index contributed by atoms with van der Waals surface area (Å²) in [4.78, 5) is 29.4. The number of carbonyl (C=O) groups excluding carboxylic acids is 2.